The molecule has 1 rings (SSSR count). The van der Waals surface area contributed by atoms with Gasteiger partial charge in [-0.1, -0.05) is 20.8 Å². The zero-order valence-corrected chi connectivity index (χ0v) is 11.4. The molecular weight excluding hydrogens is 246 g/mol. The number of carboxylic acid groups (broad SMARTS) is 1. The van der Waals surface area contributed by atoms with E-state index in [1.165, 1.54) is 12.1 Å². The molecule has 0 atom stereocenters. The molecule has 0 aliphatic heterocycles. The van der Waals surface area contributed by atoms with E-state index in [9.17, 15) is 9.59 Å². The summed E-state index contributed by atoms with van der Waals surface area (Å²) in [4.78, 5) is 22.6. The first-order valence-electron chi connectivity index (χ1n) is 6.26. The lowest BCUT2D eigenvalue weighted by Crippen LogP contribution is -2.18. The molecular formula is C14H19NO4. The molecule has 0 aliphatic carbocycles. The number of anilines is 1. The van der Waals surface area contributed by atoms with Crippen molar-refractivity contribution < 1.29 is 19.4 Å². The van der Waals surface area contributed by atoms with E-state index in [0.717, 1.165) is 6.42 Å². The lowest BCUT2D eigenvalue weighted by Gasteiger charge is -2.14. The van der Waals surface area contributed by atoms with Crippen LogP contribution in [-0.4, -0.2) is 23.6 Å². The summed E-state index contributed by atoms with van der Waals surface area (Å²) in [5.41, 5.74) is 0.509. The Bertz CT molecular complexity index is 469. The first-order valence-corrected chi connectivity index (χ1v) is 6.26. The molecule has 0 heterocycles. The molecule has 5 nitrogen and oxygen atoms in total. The topological polar surface area (TPSA) is 75.6 Å². The molecule has 0 saturated carbocycles. The molecule has 0 spiro atoms. The number of carboxylic acids is 1. The second-order valence-corrected chi connectivity index (χ2v) is 4.51. The van der Waals surface area contributed by atoms with Crippen LogP contribution in [0.1, 0.15) is 37.6 Å². The first kappa shape index (κ1) is 15.0. The summed E-state index contributed by atoms with van der Waals surface area (Å²) in [6, 6.07) is 4.43. The lowest BCUT2D eigenvalue weighted by molar-refractivity contribution is -0.118. The van der Waals surface area contributed by atoms with Gasteiger partial charge in [0.25, 0.3) is 0 Å². The van der Waals surface area contributed by atoms with Crippen LogP contribution >= 0.6 is 0 Å². The van der Waals surface area contributed by atoms with Crippen LogP contribution in [0, 0.1) is 5.92 Å². The van der Waals surface area contributed by atoms with Crippen LogP contribution in [0.5, 0.6) is 5.75 Å². The van der Waals surface area contributed by atoms with Crippen molar-refractivity contribution in [3.8, 4) is 5.75 Å². The predicted molar refractivity (Wildman–Crippen MR) is 72.7 cm³/mol. The molecule has 0 bridgehead atoms. The lowest BCUT2D eigenvalue weighted by atomic mass is 10.1. The van der Waals surface area contributed by atoms with Crippen LogP contribution < -0.4 is 10.1 Å². The number of amides is 1. The average Bonchev–Trinajstić information content (AvgIpc) is 2.36. The van der Waals surface area contributed by atoms with Crippen LogP contribution in [-0.2, 0) is 4.79 Å². The second kappa shape index (κ2) is 6.78. The number of rotatable bonds is 6. The first-order chi connectivity index (χ1) is 8.95. The number of carbonyl (C=O) groups is 2. The molecule has 104 valence electrons. The molecule has 0 saturated heterocycles. The minimum absolute atomic E-state index is 0.114. The van der Waals surface area contributed by atoms with Crippen molar-refractivity contribution in [1.82, 2.24) is 0 Å². The van der Waals surface area contributed by atoms with Gasteiger partial charge in [-0.3, -0.25) is 4.79 Å². The highest BCUT2D eigenvalue weighted by Crippen LogP contribution is 2.26. The maximum atomic E-state index is 11.7. The molecule has 1 aromatic rings. The quantitative estimate of drug-likeness (QED) is 0.829. The highest BCUT2D eigenvalue weighted by molar-refractivity contribution is 5.96. The smallest absolute Gasteiger partial charge is 0.335 e. The van der Waals surface area contributed by atoms with E-state index >= 15 is 0 Å². The van der Waals surface area contributed by atoms with Gasteiger partial charge < -0.3 is 15.2 Å². The Hall–Kier alpha value is -2.04. The van der Waals surface area contributed by atoms with Crippen LogP contribution in [0.25, 0.3) is 0 Å². The minimum atomic E-state index is -1.04. The fraction of sp³-hybridized carbons (Fsp3) is 0.429. The molecule has 0 aliphatic rings. The van der Waals surface area contributed by atoms with E-state index in [4.69, 9.17) is 9.84 Å². The van der Waals surface area contributed by atoms with Crippen LogP contribution in [0.2, 0.25) is 0 Å². The van der Waals surface area contributed by atoms with E-state index in [-0.39, 0.29) is 17.4 Å². The van der Waals surface area contributed by atoms with Crippen molar-refractivity contribution in [3.05, 3.63) is 23.8 Å². The summed E-state index contributed by atoms with van der Waals surface area (Å²) in [6.07, 6.45) is 0.832. The summed E-state index contributed by atoms with van der Waals surface area (Å²) in [5.74, 6) is -0.917. The summed E-state index contributed by atoms with van der Waals surface area (Å²) in [7, 11) is 0. The van der Waals surface area contributed by atoms with Gasteiger partial charge in [0.15, 0.2) is 0 Å². The molecule has 5 heteroatoms. The summed E-state index contributed by atoms with van der Waals surface area (Å²) < 4.78 is 5.49. The van der Waals surface area contributed by atoms with Crippen LogP contribution in [0.3, 0.4) is 0 Å². The van der Waals surface area contributed by atoms with E-state index < -0.39 is 5.97 Å². The van der Waals surface area contributed by atoms with E-state index in [2.05, 4.69) is 5.32 Å². The maximum Gasteiger partial charge on any atom is 0.335 e. The Balaban J connectivity index is 3.03. The minimum Gasteiger partial charge on any atom is -0.491 e. The molecule has 1 aromatic carbocycles. The maximum absolute atomic E-state index is 11.7. The Morgan fingerprint density at radius 3 is 2.58 bits per heavy atom. The zero-order valence-electron chi connectivity index (χ0n) is 11.4. The van der Waals surface area contributed by atoms with E-state index in [1.54, 1.807) is 19.9 Å². The number of hydrogen-bond acceptors (Lipinski definition) is 3. The van der Waals surface area contributed by atoms with Gasteiger partial charge in [0, 0.05) is 5.92 Å². The third kappa shape index (κ3) is 4.28. The Kier molecular flexibility index (Phi) is 5.36. The highest BCUT2D eigenvalue weighted by atomic mass is 16.5. The van der Waals surface area contributed by atoms with Crippen molar-refractivity contribution >= 4 is 17.6 Å². The van der Waals surface area contributed by atoms with Gasteiger partial charge in [0.1, 0.15) is 5.75 Å². The molecule has 0 radical (unpaired) electrons. The van der Waals surface area contributed by atoms with Gasteiger partial charge in [-0.05, 0) is 24.6 Å². The SMILES string of the molecule is CCCOc1ccc(C(=O)O)cc1NC(=O)C(C)C. The van der Waals surface area contributed by atoms with Crippen molar-refractivity contribution in [1.29, 1.82) is 0 Å². The zero-order chi connectivity index (χ0) is 14.4. The van der Waals surface area contributed by atoms with Gasteiger partial charge >= 0.3 is 5.97 Å². The van der Waals surface area contributed by atoms with Crippen molar-refractivity contribution in [3.63, 3.8) is 0 Å². The fourth-order valence-corrected chi connectivity index (χ4v) is 1.38. The largest absolute Gasteiger partial charge is 0.491 e. The third-order valence-electron chi connectivity index (χ3n) is 2.47. The van der Waals surface area contributed by atoms with Gasteiger partial charge in [-0.15, -0.1) is 0 Å². The van der Waals surface area contributed by atoms with Gasteiger partial charge in [0.2, 0.25) is 5.91 Å². The van der Waals surface area contributed by atoms with Gasteiger partial charge in [0.05, 0.1) is 17.9 Å². The number of nitrogens with one attached hydrogen (secondary N) is 1. The summed E-state index contributed by atoms with van der Waals surface area (Å²) in [6.45, 7) is 6.01. The summed E-state index contributed by atoms with van der Waals surface area (Å²) in [5, 5.41) is 11.7. The second-order valence-electron chi connectivity index (χ2n) is 4.51. The van der Waals surface area contributed by atoms with Crippen LogP contribution in [0.4, 0.5) is 5.69 Å². The molecule has 19 heavy (non-hydrogen) atoms. The molecule has 2 N–H and O–H groups in total. The number of aromatic carboxylic acids is 1. The van der Waals surface area contributed by atoms with E-state index in [0.29, 0.717) is 18.0 Å². The van der Waals surface area contributed by atoms with E-state index in [1.807, 2.05) is 6.92 Å². The highest BCUT2D eigenvalue weighted by Gasteiger charge is 2.13. The Morgan fingerprint density at radius 2 is 2.05 bits per heavy atom. The molecule has 0 unspecified atom stereocenters. The van der Waals surface area contributed by atoms with Crippen molar-refractivity contribution in [2.75, 3.05) is 11.9 Å². The number of benzene rings is 1. The number of carbonyl (C=O) groups excluding carboxylic acids is 1. The summed E-state index contributed by atoms with van der Waals surface area (Å²) >= 11 is 0. The van der Waals surface area contributed by atoms with Crippen molar-refractivity contribution in [2.45, 2.75) is 27.2 Å². The molecule has 0 fully saturated rings. The average molecular weight is 265 g/mol. The third-order valence-corrected chi connectivity index (χ3v) is 2.47. The fourth-order valence-electron chi connectivity index (χ4n) is 1.38. The van der Waals surface area contributed by atoms with Gasteiger partial charge in [-0.25, -0.2) is 4.79 Å². The van der Waals surface area contributed by atoms with Crippen LogP contribution in [0.15, 0.2) is 18.2 Å². The normalized spacial score (nSPS) is 10.3. The standard InChI is InChI=1S/C14H19NO4/c1-4-7-19-12-6-5-10(14(17)18)8-11(12)15-13(16)9(2)3/h5-6,8-9H,4,7H2,1-3H3,(H,15,16)(H,17,18). The number of ether oxygens (including phenoxy) is 1. The molecule has 1 amide bonds. The Labute approximate surface area is 112 Å². The Morgan fingerprint density at radius 1 is 1.37 bits per heavy atom. The van der Waals surface area contributed by atoms with Gasteiger partial charge in [-0.2, -0.15) is 0 Å². The van der Waals surface area contributed by atoms with Crippen molar-refractivity contribution in [2.24, 2.45) is 5.92 Å². The molecule has 0 aromatic heterocycles. The predicted octanol–water partition coefficient (Wildman–Crippen LogP) is 2.77. The number of hydrogen-bond donors (Lipinski definition) is 2. The monoisotopic (exact) mass is 265 g/mol.